The van der Waals surface area contributed by atoms with Gasteiger partial charge in [0.1, 0.15) is 0 Å². The Hall–Kier alpha value is -2.09. The Labute approximate surface area is 118 Å². The van der Waals surface area contributed by atoms with Gasteiger partial charge in [-0.1, -0.05) is 6.58 Å². The summed E-state index contributed by atoms with van der Waals surface area (Å²) in [7, 11) is 0. The Morgan fingerprint density at radius 1 is 1.35 bits per heavy atom. The van der Waals surface area contributed by atoms with Crippen LogP contribution >= 0.6 is 0 Å². The van der Waals surface area contributed by atoms with Gasteiger partial charge >= 0.3 is 6.03 Å². The number of amides is 4. The van der Waals surface area contributed by atoms with E-state index < -0.39 is 0 Å². The van der Waals surface area contributed by atoms with Crippen LogP contribution in [0.3, 0.4) is 0 Å². The van der Waals surface area contributed by atoms with E-state index in [1.807, 2.05) is 0 Å². The number of carbonyl (C=O) groups excluding carboxylic acids is 3. The van der Waals surface area contributed by atoms with Crippen molar-refractivity contribution in [1.82, 2.24) is 26.2 Å². The van der Waals surface area contributed by atoms with Gasteiger partial charge in [0.05, 0.1) is 6.67 Å². The van der Waals surface area contributed by atoms with E-state index >= 15 is 0 Å². The molecule has 4 amide bonds. The summed E-state index contributed by atoms with van der Waals surface area (Å²) < 4.78 is 0. The van der Waals surface area contributed by atoms with Crippen molar-refractivity contribution < 1.29 is 14.4 Å². The van der Waals surface area contributed by atoms with Gasteiger partial charge in [0.25, 0.3) is 0 Å². The average Bonchev–Trinajstić information content (AvgIpc) is 2.83. The highest BCUT2D eigenvalue weighted by Gasteiger charge is 2.17. The molecule has 4 N–H and O–H groups in total. The van der Waals surface area contributed by atoms with E-state index in [4.69, 9.17) is 0 Å². The molecule has 0 aliphatic carbocycles. The van der Waals surface area contributed by atoms with Gasteiger partial charge in [0.15, 0.2) is 0 Å². The topological polar surface area (TPSA) is 103 Å². The standard InChI is InChI=1S/C12H21N5O3/c1-2-10(18)15-9-16-11(19)3-4-13-5-7-17-8-6-14-12(17)20/h2,13H,1,3-9H2,(H,14,20)(H,15,18)(H,16,19). The van der Waals surface area contributed by atoms with Crippen molar-refractivity contribution >= 4 is 17.8 Å². The minimum absolute atomic E-state index is 0.0393. The van der Waals surface area contributed by atoms with Crippen LogP contribution in [0.4, 0.5) is 4.79 Å². The summed E-state index contributed by atoms with van der Waals surface area (Å²) in [6, 6.07) is -0.0393. The quantitative estimate of drug-likeness (QED) is 0.232. The van der Waals surface area contributed by atoms with E-state index in [2.05, 4.69) is 27.8 Å². The highest BCUT2D eigenvalue weighted by Crippen LogP contribution is 1.94. The van der Waals surface area contributed by atoms with Gasteiger partial charge in [-0.2, -0.15) is 0 Å². The number of nitrogens with one attached hydrogen (secondary N) is 4. The molecule has 0 saturated carbocycles. The van der Waals surface area contributed by atoms with Crippen molar-refractivity contribution in [2.24, 2.45) is 0 Å². The molecule has 0 radical (unpaired) electrons. The highest BCUT2D eigenvalue weighted by atomic mass is 16.2. The molecule has 0 aromatic carbocycles. The van der Waals surface area contributed by atoms with Crippen LogP contribution < -0.4 is 21.3 Å². The number of hydrogen-bond donors (Lipinski definition) is 4. The van der Waals surface area contributed by atoms with Crippen LogP contribution in [0.5, 0.6) is 0 Å². The third-order valence-corrected chi connectivity index (χ3v) is 2.77. The second-order valence-corrected chi connectivity index (χ2v) is 4.24. The first kappa shape index (κ1) is 16.0. The summed E-state index contributed by atoms with van der Waals surface area (Å²) in [5.74, 6) is -0.479. The molecule has 0 atom stereocenters. The summed E-state index contributed by atoms with van der Waals surface area (Å²) in [6.45, 7) is 6.61. The maximum Gasteiger partial charge on any atom is 0.317 e. The minimum Gasteiger partial charge on any atom is -0.339 e. The molecule has 0 spiro atoms. The molecular formula is C12H21N5O3. The molecule has 1 aliphatic rings. The first-order chi connectivity index (χ1) is 9.63. The summed E-state index contributed by atoms with van der Waals surface area (Å²) >= 11 is 0. The molecule has 8 nitrogen and oxygen atoms in total. The Kier molecular flexibility index (Phi) is 7.12. The third-order valence-electron chi connectivity index (χ3n) is 2.77. The van der Waals surface area contributed by atoms with Gasteiger partial charge in [0.2, 0.25) is 11.8 Å². The zero-order chi connectivity index (χ0) is 14.8. The molecule has 1 saturated heterocycles. The highest BCUT2D eigenvalue weighted by molar-refractivity contribution is 5.87. The largest absolute Gasteiger partial charge is 0.339 e. The maximum absolute atomic E-state index is 11.4. The van der Waals surface area contributed by atoms with Gasteiger partial charge in [0, 0.05) is 39.1 Å². The molecule has 20 heavy (non-hydrogen) atoms. The lowest BCUT2D eigenvalue weighted by molar-refractivity contribution is -0.121. The van der Waals surface area contributed by atoms with Gasteiger partial charge in [-0.05, 0) is 6.08 Å². The number of nitrogens with zero attached hydrogens (tertiary/aromatic N) is 1. The Balaban J connectivity index is 1.95. The van der Waals surface area contributed by atoms with Gasteiger partial charge in [-0.25, -0.2) is 4.79 Å². The third kappa shape index (κ3) is 6.19. The Bertz CT molecular complexity index is 372. The zero-order valence-electron chi connectivity index (χ0n) is 11.4. The summed E-state index contributed by atoms with van der Waals surface area (Å²) in [6.07, 6.45) is 1.46. The molecule has 1 fully saturated rings. The number of hydrogen-bond acceptors (Lipinski definition) is 4. The van der Waals surface area contributed by atoms with Gasteiger partial charge in [-0.3, -0.25) is 9.59 Å². The van der Waals surface area contributed by atoms with E-state index in [1.54, 1.807) is 4.90 Å². The Morgan fingerprint density at radius 3 is 2.80 bits per heavy atom. The van der Waals surface area contributed by atoms with E-state index in [-0.39, 0.29) is 24.5 Å². The second-order valence-electron chi connectivity index (χ2n) is 4.24. The lowest BCUT2D eigenvalue weighted by Gasteiger charge is -2.14. The number of carbonyl (C=O) groups is 3. The fourth-order valence-electron chi connectivity index (χ4n) is 1.66. The molecule has 8 heteroatoms. The number of urea groups is 1. The van der Waals surface area contributed by atoms with Crippen LogP contribution in [0, 0.1) is 0 Å². The van der Waals surface area contributed by atoms with Crippen LogP contribution in [0.15, 0.2) is 12.7 Å². The van der Waals surface area contributed by atoms with Gasteiger partial charge < -0.3 is 26.2 Å². The fourth-order valence-corrected chi connectivity index (χ4v) is 1.66. The minimum atomic E-state index is -0.327. The van der Waals surface area contributed by atoms with E-state index in [0.717, 1.165) is 12.6 Å². The van der Waals surface area contributed by atoms with Crippen LogP contribution in [0.1, 0.15) is 6.42 Å². The number of rotatable bonds is 9. The fraction of sp³-hybridized carbons (Fsp3) is 0.583. The molecular weight excluding hydrogens is 262 g/mol. The van der Waals surface area contributed by atoms with Crippen molar-refractivity contribution in [2.45, 2.75) is 6.42 Å². The molecule has 0 unspecified atom stereocenters. The smallest absolute Gasteiger partial charge is 0.317 e. The second kappa shape index (κ2) is 8.92. The molecule has 0 bridgehead atoms. The van der Waals surface area contributed by atoms with Crippen molar-refractivity contribution in [3.8, 4) is 0 Å². The van der Waals surface area contributed by atoms with Crippen molar-refractivity contribution in [1.29, 1.82) is 0 Å². The molecule has 0 aromatic heterocycles. The average molecular weight is 283 g/mol. The van der Waals surface area contributed by atoms with E-state index in [0.29, 0.717) is 32.6 Å². The van der Waals surface area contributed by atoms with Crippen molar-refractivity contribution in [3.63, 3.8) is 0 Å². The summed E-state index contributed by atoms with van der Waals surface area (Å²) in [5, 5.41) is 10.8. The van der Waals surface area contributed by atoms with Crippen LogP contribution in [-0.4, -0.2) is 62.1 Å². The first-order valence-electron chi connectivity index (χ1n) is 6.54. The van der Waals surface area contributed by atoms with Gasteiger partial charge in [-0.15, -0.1) is 0 Å². The summed E-state index contributed by atoms with van der Waals surface area (Å²) in [5.41, 5.74) is 0. The molecule has 1 rings (SSSR count). The summed E-state index contributed by atoms with van der Waals surface area (Å²) in [4.78, 5) is 35.1. The monoisotopic (exact) mass is 283 g/mol. The normalized spacial score (nSPS) is 13.8. The molecule has 112 valence electrons. The van der Waals surface area contributed by atoms with Crippen LogP contribution in [0.25, 0.3) is 0 Å². The van der Waals surface area contributed by atoms with E-state index in [9.17, 15) is 14.4 Å². The zero-order valence-corrected chi connectivity index (χ0v) is 11.4. The predicted octanol–water partition coefficient (Wildman–Crippen LogP) is -1.63. The predicted molar refractivity (Wildman–Crippen MR) is 73.8 cm³/mol. The lowest BCUT2D eigenvalue weighted by Crippen LogP contribution is -2.38. The molecule has 1 heterocycles. The molecule has 1 aliphatic heterocycles. The maximum atomic E-state index is 11.4. The van der Waals surface area contributed by atoms with E-state index in [1.165, 1.54) is 0 Å². The van der Waals surface area contributed by atoms with Crippen molar-refractivity contribution in [2.75, 3.05) is 39.4 Å². The van der Waals surface area contributed by atoms with Crippen LogP contribution in [0.2, 0.25) is 0 Å². The lowest BCUT2D eigenvalue weighted by atomic mass is 10.4. The Morgan fingerprint density at radius 2 is 2.15 bits per heavy atom. The molecule has 0 aromatic rings. The van der Waals surface area contributed by atoms with Crippen LogP contribution in [-0.2, 0) is 9.59 Å². The first-order valence-corrected chi connectivity index (χ1v) is 6.54. The van der Waals surface area contributed by atoms with Crippen molar-refractivity contribution in [3.05, 3.63) is 12.7 Å². The SMILES string of the molecule is C=CC(=O)NCNC(=O)CCNCCN1CCNC1=O.